The smallest absolute Gasteiger partial charge is 0.309 e. The number of hydrogen-bond donors (Lipinski definition) is 2. The first-order chi connectivity index (χ1) is 13.7. The molecule has 2 aromatic carbocycles. The molecule has 154 valence electrons. The third kappa shape index (κ3) is 4.73. The van der Waals surface area contributed by atoms with E-state index in [1.807, 2.05) is 6.92 Å². The molecule has 8 heteroatoms. The van der Waals surface area contributed by atoms with Crippen LogP contribution in [0, 0.1) is 23.0 Å². The van der Waals surface area contributed by atoms with E-state index in [2.05, 4.69) is 5.32 Å². The average molecular weight is 440 g/mol. The Bertz CT molecular complexity index is 948. The summed E-state index contributed by atoms with van der Waals surface area (Å²) in [6, 6.07) is 7.89. The number of nitrogens with one attached hydrogen (secondary N) is 1. The molecule has 0 spiro atoms. The van der Waals surface area contributed by atoms with Gasteiger partial charge in [-0.05, 0) is 61.6 Å². The zero-order valence-electron chi connectivity index (χ0n) is 15.7. The minimum Gasteiger partial charge on any atom is -0.481 e. The van der Waals surface area contributed by atoms with Crippen LogP contribution in [0.2, 0.25) is 5.02 Å². The Morgan fingerprint density at radius 2 is 1.90 bits per heavy atom. The topological polar surface area (TPSA) is 66.4 Å². The fraction of sp³-hybridized carbons (Fsp3) is 0.333. The molecule has 0 aromatic heterocycles. The van der Waals surface area contributed by atoms with E-state index < -0.39 is 28.9 Å². The van der Waals surface area contributed by atoms with Gasteiger partial charge in [-0.1, -0.05) is 18.5 Å². The molecule has 4 nitrogen and oxygen atoms in total. The Hall–Kier alpha value is -2.12. The van der Waals surface area contributed by atoms with Gasteiger partial charge in [-0.3, -0.25) is 9.59 Å². The quantitative estimate of drug-likeness (QED) is 0.531. The van der Waals surface area contributed by atoms with E-state index >= 15 is 0 Å². The minimum absolute atomic E-state index is 0.108. The van der Waals surface area contributed by atoms with Crippen molar-refractivity contribution in [3.05, 3.63) is 58.6 Å². The molecule has 0 unspecified atom stereocenters. The summed E-state index contributed by atoms with van der Waals surface area (Å²) >= 11 is 6.99. The molecule has 0 saturated heterocycles. The van der Waals surface area contributed by atoms with Gasteiger partial charge in [-0.2, -0.15) is 0 Å². The summed E-state index contributed by atoms with van der Waals surface area (Å²) in [7, 11) is 0. The lowest BCUT2D eigenvalue weighted by atomic mass is 9.61. The predicted octanol–water partition coefficient (Wildman–Crippen LogP) is 5.85. The number of aliphatic carboxylic acids is 1. The summed E-state index contributed by atoms with van der Waals surface area (Å²) in [6.07, 6.45) is 1.75. The van der Waals surface area contributed by atoms with Crippen LogP contribution >= 0.6 is 23.4 Å². The van der Waals surface area contributed by atoms with Gasteiger partial charge in [0.1, 0.15) is 11.6 Å². The van der Waals surface area contributed by atoms with Crippen molar-refractivity contribution in [2.45, 2.75) is 31.1 Å². The van der Waals surface area contributed by atoms with Crippen LogP contribution in [0.15, 0.2) is 41.3 Å². The largest absolute Gasteiger partial charge is 0.481 e. The number of halogens is 3. The number of carbonyl (C=O) groups excluding carboxylic acids is 1. The molecule has 1 aliphatic rings. The van der Waals surface area contributed by atoms with Crippen molar-refractivity contribution >= 4 is 40.9 Å². The molecular weight excluding hydrogens is 420 g/mol. The monoisotopic (exact) mass is 439 g/mol. The lowest BCUT2D eigenvalue weighted by Crippen LogP contribution is -2.44. The zero-order chi connectivity index (χ0) is 21.2. The van der Waals surface area contributed by atoms with Crippen molar-refractivity contribution in [3.63, 3.8) is 0 Å². The molecule has 0 bridgehead atoms. The van der Waals surface area contributed by atoms with Crippen molar-refractivity contribution in [2.24, 2.45) is 11.3 Å². The Balaban J connectivity index is 1.63. The number of thioether (sulfide) groups is 1. The van der Waals surface area contributed by atoms with Crippen LogP contribution < -0.4 is 5.32 Å². The van der Waals surface area contributed by atoms with Crippen molar-refractivity contribution in [3.8, 4) is 0 Å². The van der Waals surface area contributed by atoms with Crippen molar-refractivity contribution in [1.29, 1.82) is 0 Å². The summed E-state index contributed by atoms with van der Waals surface area (Å²) in [5.74, 6) is -1.47. The van der Waals surface area contributed by atoms with Gasteiger partial charge in [0.15, 0.2) is 0 Å². The molecule has 1 aliphatic carbocycles. The summed E-state index contributed by atoms with van der Waals surface area (Å²) in [4.78, 5) is 24.1. The zero-order valence-corrected chi connectivity index (χ0v) is 17.2. The normalized spacial score (nSPS) is 20.8. The molecule has 0 radical (unpaired) electrons. The van der Waals surface area contributed by atoms with E-state index in [0.29, 0.717) is 35.6 Å². The van der Waals surface area contributed by atoms with E-state index in [9.17, 15) is 23.5 Å². The van der Waals surface area contributed by atoms with E-state index in [1.165, 1.54) is 42.1 Å². The van der Waals surface area contributed by atoms with Crippen LogP contribution in [0.5, 0.6) is 0 Å². The first-order valence-electron chi connectivity index (χ1n) is 9.16. The van der Waals surface area contributed by atoms with Gasteiger partial charge in [0, 0.05) is 21.9 Å². The van der Waals surface area contributed by atoms with Gasteiger partial charge < -0.3 is 10.4 Å². The maximum absolute atomic E-state index is 14.2. The van der Waals surface area contributed by atoms with Crippen molar-refractivity contribution < 1.29 is 23.5 Å². The Labute approximate surface area is 176 Å². The first-order valence-corrected chi connectivity index (χ1v) is 10.5. The van der Waals surface area contributed by atoms with Gasteiger partial charge in [0.2, 0.25) is 0 Å². The van der Waals surface area contributed by atoms with Crippen molar-refractivity contribution in [2.75, 3.05) is 11.1 Å². The van der Waals surface area contributed by atoms with Gasteiger partial charge in [0.05, 0.1) is 10.4 Å². The fourth-order valence-corrected chi connectivity index (χ4v) is 4.77. The van der Waals surface area contributed by atoms with E-state index in [1.54, 1.807) is 0 Å². The average Bonchev–Trinajstić information content (AvgIpc) is 2.65. The maximum atomic E-state index is 14.2. The molecule has 3 rings (SSSR count). The van der Waals surface area contributed by atoms with Crippen LogP contribution in [0.4, 0.5) is 14.5 Å². The van der Waals surface area contributed by atoms with Crippen LogP contribution in [0.25, 0.3) is 0 Å². The molecule has 1 fully saturated rings. The summed E-state index contributed by atoms with van der Waals surface area (Å²) in [6.45, 7) is 1.87. The molecule has 1 saturated carbocycles. The molecule has 1 amide bonds. The van der Waals surface area contributed by atoms with Crippen LogP contribution in [0.1, 0.15) is 36.5 Å². The summed E-state index contributed by atoms with van der Waals surface area (Å²) in [5.41, 5.74) is -0.0579. The molecule has 0 heterocycles. The minimum atomic E-state index is -0.771. The summed E-state index contributed by atoms with van der Waals surface area (Å²) < 4.78 is 27.4. The number of rotatable bonds is 7. The molecule has 29 heavy (non-hydrogen) atoms. The summed E-state index contributed by atoms with van der Waals surface area (Å²) in [5, 5.41) is 11.8. The van der Waals surface area contributed by atoms with Crippen LogP contribution in [-0.2, 0) is 4.79 Å². The number of amides is 1. The molecule has 2 N–H and O–H groups in total. The van der Waals surface area contributed by atoms with Crippen molar-refractivity contribution in [1.82, 2.24) is 0 Å². The fourth-order valence-electron chi connectivity index (χ4n) is 3.52. The number of carboxylic acids is 1. The second-order valence-electron chi connectivity index (χ2n) is 7.25. The second kappa shape index (κ2) is 8.71. The third-order valence-electron chi connectivity index (χ3n) is 5.33. The Kier molecular flexibility index (Phi) is 6.49. The van der Waals surface area contributed by atoms with E-state index in [0.717, 1.165) is 6.07 Å². The molecule has 0 aliphatic heterocycles. The van der Waals surface area contributed by atoms with Gasteiger partial charge in [-0.25, -0.2) is 8.78 Å². The SMILES string of the molecule is CCC1(C(=O)O)CC(CSc2cc(C(=O)Nc3ccc(F)c(Cl)c3)ccc2F)C1. The van der Waals surface area contributed by atoms with E-state index in [4.69, 9.17) is 11.6 Å². The lowest BCUT2D eigenvalue weighted by Gasteiger charge is -2.43. The number of hydrogen-bond acceptors (Lipinski definition) is 3. The Morgan fingerprint density at radius 1 is 1.21 bits per heavy atom. The first kappa shape index (κ1) is 21.6. The highest BCUT2D eigenvalue weighted by molar-refractivity contribution is 7.99. The van der Waals surface area contributed by atoms with Gasteiger partial charge in [-0.15, -0.1) is 11.8 Å². The van der Waals surface area contributed by atoms with Gasteiger partial charge in [0.25, 0.3) is 5.91 Å². The maximum Gasteiger partial charge on any atom is 0.309 e. The second-order valence-corrected chi connectivity index (χ2v) is 8.72. The number of anilines is 1. The highest BCUT2D eigenvalue weighted by Gasteiger charge is 2.48. The van der Waals surface area contributed by atoms with Gasteiger partial charge >= 0.3 is 5.97 Å². The lowest BCUT2D eigenvalue weighted by molar-refractivity contribution is -0.157. The Morgan fingerprint density at radius 3 is 2.52 bits per heavy atom. The standard InChI is InChI=1S/C21H20ClF2NO3S/c1-2-21(20(27)28)9-12(10-21)11-29-18-7-13(3-5-17(18)24)19(26)25-14-4-6-16(23)15(22)8-14/h3-8,12H,2,9-11H2,1H3,(H,25,26)(H,27,28). The number of carbonyl (C=O) groups is 2. The third-order valence-corrected chi connectivity index (χ3v) is 6.89. The van der Waals surface area contributed by atoms with Crippen LogP contribution in [-0.4, -0.2) is 22.7 Å². The predicted molar refractivity (Wildman–Crippen MR) is 110 cm³/mol. The molecule has 0 atom stereocenters. The van der Waals surface area contributed by atoms with E-state index in [-0.39, 0.29) is 16.5 Å². The highest BCUT2D eigenvalue weighted by atomic mass is 35.5. The molecule has 2 aromatic rings. The number of carboxylic acid groups (broad SMARTS) is 1. The highest BCUT2D eigenvalue weighted by Crippen LogP contribution is 2.50. The van der Waals surface area contributed by atoms with Crippen LogP contribution in [0.3, 0.4) is 0 Å². The molecular formula is C21H20ClF2NO3S. The number of benzene rings is 2.